The van der Waals surface area contributed by atoms with E-state index in [1.165, 1.54) is 0 Å². The van der Waals surface area contributed by atoms with Crippen LogP contribution < -0.4 is 0 Å². The average Bonchev–Trinajstić information content (AvgIpc) is 3.23. The van der Waals surface area contributed by atoms with E-state index < -0.39 is 5.60 Å². The van der Waals surface area contributed by atoms with Crippen molar-refractivity contribution in [2.45, 2.75) is 64.1 Å². The number of hydrogen-bond acceptors (Lipinski definition) is 3. The van der Waals surface area contributed by atoms with Crippen molar-refractivity contribution in [2.24, 2.45) is 40.4 Å². The van der Waals surface area contributed by atoms with E-state index in [9.17, 15) is 15.0 Å². The van der Waals surface area contributed by atoms with Crippen molar-refractivity contribution in [3.63, 3.8) is 0 Å². The lowest BCUT2D eigenvalue weighted by Crippen LogP contribution is -2.61. The van der Waals surface area contributed by atoms with Gasteiger partial charge in [0.1, 0.15) is 5.78 Å². The highest BCUT2D eigenvalue weighted by Crippen LogP contribution is 2.71. The van der Waals surface area contributed by atoms with E-state index in [1.807, 2.05) is 6.08 Å². The van der Waals surface area contributed by atoms with Gasteiger partial charge in [-0.05, 0) is 55.8 Å². The molecule has 3 nitrogen and oxygen atoms in total. The van der Waals surface area contributed by atoms with Crippen LogP contribution in [0.15, 0.2) is 12.2 Å². The zero-order valence-electron chi connectivity index (χ0n) is 14.2. The molecule has 23 heavy (non-hydrogen) atoms. The first-order chi connectivity index (χ1) is 10.8. The van der Waals surface area contributed by atoms with Crippen molar-refractivity contribution in [1.82, 2.24) is 0 Å². The van der Waals surface area contributed by atoms with Gasteiger partial charge in [0, 0.05) is 23.2 Å². The third kappa shape index (κ3) is 1.57. The quantitative estimate of drug-likeness (QED) is 0.676. The molecular weight excluding hydrogens is 288 g/mol. The topological polar surface area (TPSA) is 57.5 Å². The number of carbonyl (C=O) groups is 1. The fourth-order valence-corrected chi connectivity index (χ4v) is 7.28. The lowest BCUT2D eigenvalue weighted by molar-refractivity contribution is -0.169. The number of rotatable bonds is 0. The van der Waals surface area contributed by atoms with E-state index in [0.29, 0.717) is 41.8 Å². The second-order valence-electron chi connectivity index (χ2n) is 9.63. The normalized spacial score (nSPS) is 63.0. The van der Waals surface area contributed by atoms with Gasteiger partial charge < -0.3 is 10.2 Å². The number of fused-ring (bicyclic) bond motifs is 7. The minimum atomic E-state index is -0.870. The first-order valence-electron chi connectivity index (χ1n) is 9.44. The molecular formula is C20H28O3. The molecule has 0 radical (unpaired) electrons. The van der Waals surface area contributed by atoms with Crippen LogP contribution in [0.3, 0.4) is 0 Å². The number of hydrogen-bond donors (Lipinski definition) is 2. The van der Waals surface area contributed by atoms with E-state index in [-0.39, 0.29) is 16.9 Å². The van der Waals surface area contributed by atoms with Crippen LogP contribution >= 0.6 is 0 Å². The average molecular weight is 316 g/mol. The standard InChI is InChI=1S/C20H28O3/c1-18-6-5-15-12(16(18)13-9-14(13)17(18)22)4-8-20(23)10-11(21)3-7-19(15,20)2/h4,8,11-16,21,23H,3,5-7,9-10H2,1-2H3/t11-,12+,13+,14-,15-,16+,18-,19+,20-/m1/s1. The van der Waals surface area contributed by atoms with Crippen LogP contribution in [-0.4, -0.2) is 27.7 Å². The monoisotopic (exact) mass is 316 g/mol. The summed E-state index contributed by atoms with van der Waals surface area (Å²) in [6.07, 6.45) is 9.15. The summed E-state index contributed by atoms with van der Waals surface area (Å²) in [5.41, 5.74) is -1.13. The van der Waals surface area contributed by atoms with Gasteiger partial charge in [-0.3, -0.25) is 4.79 Å². The van der Waals surface area contributed by atoms with Gasteiger partial charge in [-0.2, -0.15) is 0 Å². The number of ketones is 1. The van der Waals surface area contributed by atoms with Gasteiger partial charge in [0.25, 0.3) is 0 Å². The minimum Gasteiger partial charge on any atom is -0.393 e. The Morgan fingerprint density at radius 1 is 1.22 bits per heavy atom. The largest absolute Gasteiger partial charge is 0.393 e. The van der Waals surface area contributed by atoms with Crippen molar-refractivity contribution >= 4 is 5.78 Å². The fraction of sp³-hybridized carbons (Fsp3) is 0.850. The highest BCUT2D eigenvalue weighted by Gasteiger charge is 2.71. The summed E-state index contributed by atoms with van der Waals surface area (Å²) >= 11 is 0. The van der Waals surface area contributed by atoms with Crippen molar-refractivity contribution in [3.8, 4) is 0 Å². The molecule has 0 heterocycles. The first-order valence-corrected chi connectivity index (χ1v) is 9.44. The molecule has 5 aliphatic carbocycles. The summed E-state index contributed by atoms with van der Waals surface area (Å²) in [6, 6.07) is 0. The van der Waals surface area contributed by atoms with Gasteiger partial charge >= 0.3 is 0 Å². The molecule has 0 aromatic heterocycles. The Hall–Kier alpha value is -0.670. The number of carbonyl (C=O) groups excluding carboxylic acids is 1. The highest BCUT2D eigenvalue weighted by atomic mass is 16.3. The molecule has 0 aromatic rings. The molecule has 0 unspecified atom stereocenters. The molecule has 0 amide bonds. The summed E-state index contributed by atoms with van der Waals surface area (Å²) < 4.78 is 0. The van der Waals surface area contributed by atoms with E-state index >= 15 is 0 Å². The summed E-state index contributed by atoms with van der Waals surface area (Å²) in [5.74, 6) is 2.87. The molecule has 0 bridgehead atoms. The summed E-state index contributed by atoms with van der Waals surface area (Å²) in [4.78, 5) is 12.7. The molecule has 0 aliphatic heterocycles. The lowest BCUT2D eigenvalue weighted by Gasteiger charge is -2.61. The van der Waals surface area contributed by atoms with Gasteiger partial charge in [0.05, 0.1) is 11.7 Å². The second-order valence-corrected chi connectivity index (χ2v) is 9.63. The van der Waals surface area contributed by atoms with Gasteiger partial charge in [0.2, 0.25) is 0 Å². The Balaban J connectivity index is 1.58. The molecule has 5 aliphatic rings. The molecule has 4 fully saturated rings. The van der Waals surface area contributed by atoms with Crippen molar-refractivity contribution in [1.29, 1.82) is 0 Å². The van der Waals surface area contributed by atoms with Crippen LogP contribution in [0.2, 0.25) is 0 Å². The number of Topliss-reactive ketones (excluding diaryl/α,β-unsaturated/α-hetero) is 1. The van der Waals surface area contributed by atoms with Gasteiger partial charge in [-0.25, -0.2) is 0 Å². The fourth-order valence-electron chi connectivity index (χ4n) is 7.28. The predicted molar refractivity (Wildman–Crippen MR) is 86.5 cm³/mol. The zero-order chi connectivity index (χ0) is 16.2. The third-order valence-electron chi connectivity index (χ3n) is 8.74. The van der Waals surface area contributed by atoms with E-state index in [0.717, 1.165) is 32.1 Å². The van der Waals surface area contributed by atoms with Crippen LogP contribution in [0.1, 0.15) is 52.4 Å². The Bertz CT molecular complexity index is 612. The van der Waals surface area contributed by atoms with Crippen LogP contribution in [0.4, 0.5) is 0 Å². The third-order valence-corrected chi connectivity index (χ3v) is 8.74. The van der Waals surface area contributed by atoms with Gasteiger partial charge in [0.15, 0.2) is 0 Å². The maximum Gasteiger partial charge on any atom is 0.142 e. The number of aliphatic hydroxyl groups excluding tert-OH is 1. The number of allylic oxidation sites excluding steroid dienone is 1. The Morgan fingerprint density at radius 3 is 2.78 bits per heavy atom. The van der Waals surface area contributed by atoms with Crippen LogP contribution in [0.25, 0.3) is 0 Å². The first kappa shape index (κ1) is 14.7. The SMILES string of the molecule is C[C@@]12CC[C@@H]3[C@H](C=C[C@@]4(O)C[C@H](O)CC[C@@]34C)[C@H]1[C@H]1C[C@H]1C2=O. The molecule has 5 rings (SSSR count). The number of aliphatic hydroxyl groups is 2. The van der Waals surface area contributed by atoms with Crippen molar-refractivity contribution in [2.75, 3.05) is 0 Å². The Morgan fingerprint density at radius 2 is 2.00 bits per heavy atom. The molecule has 2 N–H and O–H groups in total. The van der Waals surface area contributed by atoms with E-state index in [4.69, 9.17) is 0 Å². The maximum atomic E-state index is 12.7. The maximum absolute atomic E-state index is 12.7. The van der Waals surface area contributed by atoms with Crippen molar-refractivity contribution in [3.05, 3.63) is 12.2 Å². The molecule has 3 heteroatoms. The molecule has 126 valence electrons. The van der Waals surface area contributed by atoms with E-state index in [2.05, 4.69) is 19.9 Å². The van der Waals surface area contributed by atoms with E-state index in [1.54, 1.807) is 0 Å². The summed E-state index contributed by atoms with van der Waals surface area (Å²) in [6.45, 7) is 4.45. The van der Waals surface area contributed by atoms with Crippen LogP contribution in [0.5, 0.6) is 0 Å². The Kier molecular flexibility index (Phi) is 2.62. The van der Waals surface area contributed by atoms with Crippen molar-refractivity contribution < 1.29 is 15.0 Å². The van der Waals surface area contributed by atoms with Gasteiger partial charge in [-0.15, -0.1) is 0 Å². The minimum absolute atomic E-state index is 0.112. The molecule has 0 saturated heterocycles. The lowest BCUT2D eigenvalue weighted by atomic mass is 9.45. The smallest absolute Gasteiger partial charge is 0.142 e. The molecule has 0 aromatic carbocycles. The van der Waals surface area contributed by atoms with Crippen LogP contribution in [-0.2, 0) is 4.79 Å². The summed E-state index contributed by atoms with van der Waals surface area (Å²) in [5, 5.41) is 21.3. The van der Waals surface area contributed by atoms with Crippen LogP contribution in [0, 0.1) is 40.4 Å². The van der Waals surface area contributed by atoms with Gasteiger partial charge in [-0.1, -0.05) is 26.0 Å². The zero-order valence-corrected chi connectivity index (χ0v) is 14.2. The Labute approximate surface area is 138 Å². The molecule has 9 atom stereocenters. The second kappa shape index (κ2) is 4.11. The molecule has 0 spiro atoms. The summed E-state index contributed by atoms with van der Waals surface area (Å²) in [7, 11) is 0. The highest BCUT2D eigenvalue weighted by molar-refractivity contribution is 5.92. The molecule has 4 saturated carbocycles. The predicted octanol–water partition coefficient (Wildman–Crippen LogP) is 2.71.